The molecule has 1 aromatic carbocycles. The molecule has 0 unspecified atom stereocenters. The molecule has 0 bridgehead atoms. The van der Waals surface area contributed by atoms with Crippen molar-refractivity contribution >= 4 is 26.8 Å². The number of hydrogen-bond donors (Lipinski definition) is 0. The maximum Gasteiger partial charge on any atom is 0.247 e. The average molecular weight is 318 g/mol. The smallest absolute Gasteiger partial charge is 0.247 e. The summed E-state index contributed by atoms with van der Waals surface area (Å²) in [5.41, 5.74) is 2.15. The van der Waals surface area contributed by atoms with Crippen molar-refractivity contribution in [3.8, 4) is 11.5 Å². The minimum atomic E-state index is 0.494. The molecule has 2 aromatic heterocycles. The molecule has 4 rings (SSSR count). The topological polar surface area (TPSA) is 43.9 Å². The number of halogens is 1. The number of hydrogen-bond acceptors (Lipinski definition) is 3. The van der Waals surface area contributed by atoms with Gasteiger partial charge in [0.15, 0.2) is 0 Å². The Hall–Kier alpha value is -1.62. The second-order valence-corrected chi connectivity index (χ2v) is 5.89. The largest absolute Gasteiger partial charge is 0.420 e. The van der Waals surface area contributed by atoms with Gasteiger partial charge in [-0.05, 0) is 47.0 Å². The molecule has 19 heavy (non-hydrogen) atoms. The van der Waals surface area contributed by atoms with E-state index in [-0.39, 0.29) is 0 Å². The van der Waals surface area contributed by atoms with Crippen molar-refractivity contribution in [2.45, 2.75) is 18.8 Å². The van der Waals surface area contributed by atoms with Gasteiger partial charge in [-0.25, -0.2) is 0 Å². The van der Waals surface area contributed by atoms with Crippen molar-refractivity contribution in [3.63, 3.8) is 0 Å². The molecule has 2 heterocycles. The Morgan fingerprint density at radius 3 is 2.95 bits per heavy atom. The Bertz CT molecular complexity index is 770. The average Bonchev–Trinajstić information content (AvgIpc) is 3.08. The van der Waals surface area contributed by atoms with E-state index >= 15 is 0 Å². The van der Waals surface area contributed by atoms with Crippen LogP contribution in [-0.4, -0.2) is 14.8 Å². The highest BCUT2D eigenvalue weighted by Gasteiger charge is 2.29. The molecule has 3 aromatic rings. The van der Waals surface area contributed by atoms with Crippen LogP contribution in [-0.2, 0) is 7.05 Å². The fourth-order valence-corrected chi connectivity index (χ4v) is 2.95. The van der Waals surface area contributed by atoms with Crippen LogP contribution in [0, 0.1) is 0 Å². The van der Waals surface area contributed by atoms with Crippen LogP contribution in [0.4, 0.5) is 0 Å². The Morgan fingerprint density at radius 1 is 1.32 bits per heavy atom. The first-order chi connectivity index (χ1) is 9.22. The molecular weight excluding hydrogens is 306 g/mol. The summed E-state index contributed by atoms with van der Waals surface area (Å²) < 4.78 is 8.91. The maximum atomic E-state index is 5.74. The summed E-state index contributed by atoms with van der Waals surface area (Å²) in [5.74, 6) is 1.88. The van der Waals surface area contributed by atoms with Crippen molar-refractivity contribution < 1.29 is 4.42 Å². The minimum Gasteiger partial charge on any atom is -0.420 e. The summed E-state index contributed by atoms with van der Waals surface area (Å²) in [7, 11) is 2.03. The molecule has 0 N–H and O–H groups in total. The zero-order valence-corrected chi connectivity index (χ0v) is 12.0. The van der Waals surface area contributed by atoms with Crippen LogP contribution in [0.25, 0.3) is 22.4 Å². The minimum absolute atomic E-state index is 0.494. The molecule has 1 fully saturated rings. The molecule has 0 atom stereocenters. The lowest BCUT2D eigenvalue weighted by Gasteiger charge is -1.98. The zero-order chi connectivity index (χ0) is 13.0. The highest BCUT2D eigenvalue weighted by atomic mass is 79.9. The van der Waals surface area contributed by atoms with Gasteiger partial charge in [-0.2, -0.15) is 0 Å². The Kier molecular flexibility index (Phi) is 2.33. The van der Waals surface area contributed by atoms with E-state index in [1.165, 1.54) is 18.4 Å². The molecule has 1 aliphatic carbocycles. The molecule has 0 radical (unpaired) electrons. The third-order valence-corrected chi connectivity index (χ3v) is 4.19. The Labute approximate surface area is 118 Å². The monoisotopic (exact) mass is 317 g/mol. The summed E-state index contributed by atoms with van der Waals surface area (Å²) in [5, 5.41) is 9.44. The van der Waals surface area contributed by atoms with Crippen molar-refractivity contribution in [2.75, 3.05) is 0 Å². The van der Waals surface area contributed by atoms with Gasteiger partial charge in [-0.3, -0.25) is 0 Å². The van der Waals surface area contributed by atoms with Crippen LogP contribution in [0.2, 0.25) is 0 Å². The number of benzene rings is 1. The lowest BCUT2D eigenvalue weighted by atomic mass is 10.1. The van der Waals surface area contributed by atoms with Gasteiger partial charge >= 0.3 is 0 Å². The van der Waals surface area contributed by atoms with Gasteiger partial charge in [-0.1, -0.05) is 0 Å². The normalized spacial score (nSPS) is 15.3. The maximum absolute atomic E-state index is 5.74. The van der Waals surface area contributed by atoms with Crippen LogP contribution in [0.5, 0.6) is 0 Å². The summed E-state index contributed by atoms with van der Waals surface area (Å²) in [6.45, 7) is 0. The second-order valence-electron chi connectivity index (χ2n) is 5.04. The van der Waals surface area contributed by atoms with Crippen LogP contribution in [0.1, 0.15) is 24.7 Å². The predicted octanol–water partition coefficient (Wildman–Crippen LogP) is 3.87. The number of rotatable bonds is 2. The molecule has 0 aliphatic heterocycles. The highest BCUT2D eigenvalue weighted by Crippen LogP contribution is 2.40. The first-order valence-electron chi connectivity index (χ1n) is 6.31. The van der Waals surface area contributed by atoms with Crippen LogP contribution >= 0.6 is 15.9 Å². The second kappa shape index (κ2) is 3.93. The number of fused-ring (bicyclic) bond motifs is 1. The predicted molar refractivity (Wildman–Crippen MR) is 75.9 cm³/mol. The van der Waals surface area contributed by atoms with E-state index in [1.54, 1.807) is 0 Å². The van der Waals surface area contributed by atoms with Crippen LogP contribution in [0.3, 0.4) is 0 Å². The first-order valence-corrected chi connectivity index (χ1v) is 7.10. The lowest BCUT2D eigenvalue weighted by Crippen LogP contribution is -1.84. The molecular formula is C14H12BrN3O. The third kappa shape index (κ3) is 1.80. The zero-order valence-electron chi connectivity index (χ0n) is 10.4. The molecule has 1 aliphatic rings. The molecule has 4 nitrogen and oxygen atoms in total. The van der Waals surface area contributed by atoms with E-state index in [0.29, 0.717) is 11.8 Å². The van der Waals surface area contributed by atoms with E-state index in [9.17, 15) is 0 Å². The summed E-state index contributed by atoms with van der Waals surface area (Å²) in [6, 6.07) is 6.19. The van der Waals surface area contributed by atoms with E-state index in [2.05, 4.69) is 49.0 Å². The fourth-order valence-electron chi connectivity index (χ4n) is 2.32. The summed E-state index contributed by atoms with van der Waals surface area (Å²) in [4.78, 5) is 0. The van der Waals surface area contributed by atoms with Gasteiger partial charge in [-0.15, -0.1) is 10.2 Å². The molecule has 96 valence electrons. The standard InChI is InChI=1S/C14H12BrN3O/c1-18-7-11(15)10-6-9(4-5-12(10)18)14-17-16-13(19-14)8-2-3-8/h4-8H,2-3H2,1H3. The van der Waals surface area contributed by atoms with E-state index in [4.69, 9.17) is 4.42 Å². The third-order valence-electron chi connectivity index (χ3n) is 3.56. The van der Waals surface area contributed by atoms with Gasteiger partial charge in [0.2, 0.25) is 11.8 Å². The van der Waals surface area contributed by atoms with E-state index in [0.717, 1.165) is 21.3 Å². The Balaban J connectivity index is 1.83. The lowest BCUT2D eigenvalue weighted by molar-refractivity contribution is 0.508. The van der Waals surface area contributed by atoms with Gasteiger partial charge < -0.3 is 8.98 Å². The molecule has 0 spiro atoms. The van der Waals surface area contributed by atoms with Gasteiger partial charge in [0, 0.05) is 40.1 Å². The van der Waals surface area contributed by atoms with E-state index < -0.39 is 0 Å². The van der Waals surface area contributed by atoms with Crippen molar-refractivity contribution in [1.82, 2.24) is 14.8 Å². The van der Waals surface area contributed by atoms with Crippen molar-refractivity contribution in [2.24, 2.45) is 7.05 Å². The number of aryl methyl sites for hydroxylation is 1. The van der Waals surface area contributed by atoms with Crippen LogP contribution < -0.4 is 0 Å². The van der Waals surface area contributed by atoms with Crippen LogP contribution in [0.15, 0.2) is 33.3 Å². The first kappa shape index (κ1) is 11.2. The summed E-state index contributed by atoms with van der Waals surface area (Å²) >= 11 is 3.58. The molecule has 5 heteroatoms. The summed E-state index contributed by atoms with van der Waals surface area (Å²) in [6.07, 6.45) is 4.40. The van der Waals surface area contributed by atoms with Crippen molar-refractivity contribution in [3.05, 3.63) is 34.8 Å². The molecule has 0 saturated heterocycles. The Morgan fingerprint density at radius 2 is 2.16 bits per heavy atom. The molecule has 1 saturated carbocycles. The molecule has 0 amide bonds. The van der Waals surface area contributed by atoms with Gasteiger partial charge in [0.1, 0.15) is 0 Å². The number of nitrogens with zero attached hydrogens (tertiary/aromatic N) is 3. The highest BCUT2D eigenvalue weighted by molar-refractivity contribution is 9.10. The van der Waals surface area contributed by atoms with Gasteiger partial charge in [0.05, 0.1) is 0 Å². The van der Waals surface area contributed by atoms with Crippen molar-refractivity contribution in [1.29, 1.82) is 0 Å². The van der Waals surface area contributed by atoms with Gasteiger partial charge in [0.25, 0.3) is 0 Å². The quantitative estimate of drug-likeness (QED) is 0.720. The van der Waals surface area contributed by atoms with E-state index in [1.807, 2.05) is 13.1 Å². The number of aromatic nitrogens is 3. The SMILES string of the molecule is Cn1cc(Br)c2cc(-c3nnc(C4CC4)o3)ccc21. The fraction of sp³-hybridized carbons (Fsp3) is 0.286.